The number of fused-ring (bicyclic) bond motifs is 3. The lowest BCUT2D eigenvalue weighted by Gasteiger charge is -2.19. The number of pyridine rings is 2. The van der Waals surface area contributed by atoms with E-state index in [1.807, 2.05) is 19.1 Å². The zero-order valence-corrected chi connectivity index (χ0v) is 17.0. The number of halogens is 1. The van der Waals surface area contributed by atoms with Gasteiger partial charge in [-0.25, -0.2) is 14.4 Å². The van der Waals surface area contributed by atoms with Crippen LogP contribution >= 0.6 is 0 Å². The first-order chi connectivity index (χ1) is 14.6. The van der Waals surface area contributed by atoms with Crippen LogP contribution in [0.15, 0.2) is 42.6 Å². The monoisotopic (exact) mass is 402 g/mol. The van der Waals surface area contributed by atoms with Crippen molar-refractivity contribution in [3.63, 3.8) is 0 Å². The van der Waals surface area contributed by atoms with Crippen LogP contribution in [-0.2, 0) is 0 Å². The van der Waals surface area contributed by atoms with Gasteiger partial charge in [-0.2, -0.15) is 0 Å². The molecule has 0 saturated heterocycles. The Kier molecular flexibility index (Phi) is 3.85. The smallest absolute Gasteiger partial charge is 0.177 e. The Morgan fingerprint density at radius 1 is 1.10 bits per heavy atom. The molecule has 6 heteroatoms. The molecule has 0 spiro atoms. The van der Waals surface area contributed by atoms with Gasteiger partial charge in [0, 0.05) is 23.2 Å². The van der Waals surface area contributed by atoms with E-state index in [2.05, 4.69) is 27.9 Å². The fourth-order valence-corrected chi connectivity index (χ4v) is 5.46. The van der Waals surface area contributed by atoms with E-state index in [0.717, 1.165) is 52.2 Å². The summed E-state index contributed by atoms with van der Waals surface area (Å²) >= 11 is 0. The quantitative estimate of drug-likeness (QED) is 0.512. The topological polar surface area (TPSA) is 63.7 Å². The van der Waals surface area contributed by atoms with Crippen LogP contribution < -0.4 is 4.74 Å². The zero-order chi connectivity index (χ0) is 20.4. The first-order valence-electron chi connectivity index (χ1n) is 10.6. The lowest BCUT2D eigenvalue weighted by Crippen LogP contribution is -2.17. The molecule has 152 valence electrons. The number of nitrogens with one attached hydrogen (secondary N) is 1. The van der Waals surface area contributed by atoms with Gasteiger partial charge >= 0.3 is 0 Å². The lowest BCUT2D eigenvalue weighted by molar-refractivity contribution is 0.186. The van der Waals surface area contributed by atoms with Crippen molar-refractivity contribution in [3.05, 3.63) is 59.9 Å². The third-order valence-electron chi connectivity index (χ3n) is 6.94. The second-order valence-corrected chi connectivity index (χ2v) is 8.82. The van der Waals surface area contributed by atoms with Crippen molar-refractivity contribution < 1.29 is 9.13 Å². The molecule has 30 heavy (non-hydrogen) atoms. The highest BCUT2D eigenvalue weighted by atomic mass is 19.1. The van der Waals surface area contributed by atoms with Crippen LogP contribution in [0.25, 0.3) is 22.1 Å². The molecule has 5 atom stereocenters. The fourth-order valence-electron chi connectivity index (χ4n) is 5.46. The van der Waals surface area contributed by atoms with E-state index < -0.39 is 0 Å². The summed E-state index contributed by atoms with van der Waals surface area (Å²) in [6.45, 7) is 4.26. The Morgan fingerprint density at radius 2 is 1.93 bits per heavy atom. The molecule has 4 aromatic rings. The van der Waals surface area contributed by atoms with Crippen LogP contribution in [0.3, 0.4) is 0 Å². The number of imidazole rings is 1. The molecule has 3 heterocycles. The number of aromatic nitrogens is 4. The van der Waals surface area contributed by atoms with Gasteiger partial charge in [-0.3, -0.25) is 4.98 Å². The van der Waals surface area contributed by atoms with Crippen molar-refractivity contribution in [2.45, 2.75) is 38.7 Å². The van der Waals surface area contributed by atoms with Gasteiger partial charge in [-0.15, -0.1) is 0 Å². The highest BCUT2D eigenvalue weighted by molar-refractivity contribution is 5.84. The molecule has 1 N–H and O–H groups in total. The number of hydrogen-bond acceptors (Lipinski definition) is 4. The predicted octanol–water partition coefficient (Wildman–Crippen LogP) is 5.16. The highest BCUT2D eigenvalue weighted by Gasteiger charge is 2.59. The van der Waals surface area contributed by atoms with Crippen molar-refractivity contribution in [2.75, 3.05) is 0 Å². The third-order valence-corrected chi connectivity index (χ3v) is 6.94. The number of ether oxygens (including phenoxy) is 1. The Bertz CT molecular complexity index is 1260. The van der Waals surface area contributed by atoms with Crippen LogP contribution in [0, 0.1) is 30.5 Å². The predicted molar refractivity (Wildman–Crippen MR) is 113 cm³/mol. The van der Waals surface area contributed by atoms with Crippen molar-refractivity contribution >= 4 is 22.1 Å². The van der Waals surface area contributed by atoms with Crippen LogP contribution in [0.2, 0.25) is 0 Å². The minimum Gasteiger partial charge on any atom is -0.490 e. The van der Waals surface area contributed by atoms with E-state index in [-0.39, 0.29) is 11.9 Å². The van der Waals surface area contributed by atoms with E-state index in [0.29, 0.717) is 23.7 Å². The van der Waals surface area contributed by atoms with E-state index >= 15 is 0 Å². The number of aromatic amines is 1. The molecule has 2 fully saturated rings. The molecule has 0 bridgehead atoms. The molecule has 0 aliphatic heterocycles. The van der Waals surface area contributed by atoms with Crippen LogP contribution in [0.5, 0.6) is 5.75 Å². The second kappa shape index (κ2) is 6.49. The SMILES string of the molecule is Cc1ccc2[nH]c(C(C)[C@@H]3[C@@H]4C[C@@H](Oc5ccnc6ccc(F)cc56)C[C@@H]43)nc2n1. The number of benzene rings is 1. The highest BCUT2D eigenvalue weighted by Crippen LogP contribution is 2.63. The van der Waals surface area contributed by atoms with Crippen molar-refractivity contribution in [2.24, 2.45) is 17.8 Å². The Hall–Kier alpha value is -3.02. The minimum atomic E-state index is -0.265. The van der Waals surface area contributed by atoms with E-state index in [1.165, 1.54) is 12.1 Å². The van der Waals surface area contributed by atoms with Gasteiger partial charge in [0.2, 0.25) is 0 Å². The summed E-state index contributed by atoms with van der Waals surface area (Å²) in [6.07, 6.45) is 3.98. The van der Waals surface area contributed by atoms with Crippen LogP contribution in [0.1, 0.15) is 37.2 Å². The third kappa shape index (κ3) is 2.85. The molecule has 2 saturated carbocycles. The van der Waals surface area contributed by atoms with Crippen molar-refractivity contribution in [1.82, 2.24) is 19.9 Å². The standard InChI is InChI=1S/C24H23FN4O/c1-12-3-5-20-24(27-12)29-23(28-20)13(2)22-16-10-15(11-17(16)22)30-21-7-8-26-19-6-4-14(25)9-18(19)21/h3-9,13,15-17,22H,10-11H2,1-2H3,(H,27,28,29)/t13?,15-,16-,17+,22-. The van der Waals surface area contributed by atoms with Gasteiger partial charge in [-0.1, -0.05) is 6.92 Å². The average molecular weight is 402 g/mol. The summed E-state index contributed by atoms with van der Waals surface area (Å²) in [5.41, 5.74) is 3.56. The number of hydrogen-bond donors (Lipinski definition) is 1. The van der Waals surface area contributed by atoms with Gasteiger partial charge in [0.25, 0.3) is 0 Å². The number of rotatable bonds is 4. The first kappa shape index (κ1) is 17.8. The Balaban J connectivity index is 1.16. The molecule has 3 aromatic heterocycles. The normalized spacial score (nSPS) is 26.1. The summed E-state index contributed by atoms with van der Waals surface area (Å²) in [4.78, 5) is 17.1. The van der Waals surface area contributed by atoms with E-state index in [9.17, 15) is 4.39 Å². The second-order valence-electron chi connectivity index (χ2n) is 8.82. The summed E-state index contributed by atoms with van der Waals surface area (Å²) in [5.74, 6) is 3.85. The molecular formula is C24H23FN4O. The molecule has 0 amide bonds. The van der Waals surface area contributed by atoms with Gasteiger partial charge in [-0.05, 0) is 73.9 Å². The summed E-state index contributed by atoms with van der Waals surface area (Å²) in [6, 6.07) is 10.6. The van der Waals surface area contributed by atoms with Gasteiger partial charge in [0.1, 0.15) is 17.4 Å². The molecule has 1 aromatic carbocycles. The lowest BCUT2D eigenvalue weighted by atomic mass is 9.97. The molecule has 1 unspecified atom stereocenters. The number of aryl methyl sites for hydroxylation is 1. The fraction of sp³-hybridized carbons (Fsp3) is 0.375. The summed E-state index contributed by atoms with van der Waals surface area (Å²) in [5, 5.41) is 0.744. The summed E-state index contributed by atoms with van der Waals surface area (Å²) in [7, 11) is 0. The van der Waals surface area contributed by atoms with Gasteiger partial charge in [0.15, 0.2) is 5.65 Å². The molecule has 5 nitrogen and oxygen atoms in total. The Morgan fingerprint density at radius 3 is 2.77 bits per heavy atom. The van der Waals surface area contributed by atoms with E-state index in [1.54, 1.807) is 12.3 Å². The largest absolute Gasteiger partial charge is 0.490 e. The van der Waals surface area contributed by atoms with Crippen molar-refractivity contribution in [3.8, 4) is 5.75 Å². The van der Waals surface area contributed by atoms with Crippen molar-refractivity contribution in [1.29, 1.82) is 0 Å². The molecular weight excluding hydrogens is 379 g/mol. The molecule has 2 aliphatic carbocycles. The van der Waals surface area contributed by atoms with Crippen LogP contribution in [-0.4, -0.2) is 26.0 Å². The maximum absolute atomic E-state index is 13.7. The number of nitrogens with zero attached hydrogens (tertiary/aromatic N) is 3. The van der Waals surface area contributed by atoms with Gasteiger partial charge < -0.3 is 9.72 Å². The first-order valence-corrected chi connectivity index (χ1v) is 10.6. The summed E-state index contributed by atoms with van der Waals surface area (Å²) < 4.78 is 20.0. The van der Waals surface area contributed by atoms with E-state index in [4.69, 9.17) is 9.72 Å². The average Bonchev–Trinajstić information content (AvgIpc) is 3.06. The molecule has 0 radical (unpaired) electrons. The molecule has 6 rings (SSSR count). The van der Waals surface area contributed by atoms with Gasteiger partial charge in [0.05, 0.1) is 17.1 Å². The maximum atomic E-state index is 13.7. The number of H-pyrrole nitrogens is 1. The zero-order valence-electron chi connectivity index (χ0n) is 17.0. The van der Waals surface area contributed by atoms with Crippen LogP contribution in [0.4, 0.5) is 4.39 Å². The Labute approximate surface area is 173 Å². The molecule has 2 aliphatic rings. The maximum Gasteiger partial charge on any atom is 0.177 e. The minimum absolute atomic E-state index is 0.178.